The van der Waals surface area contributed by atoms with Gasteiger partial charge in [0, 0.05) is 18.8 Å². The summed E-state index contributed by atoms with van der Waals surface area (Å²) < 4.78 is 15.9. The molecule has 0 fully saturated rings. The van der Waals surface area contributed by atoms with Crippen LogP contribution in [0.1, 0.15) is 11.1 Å². The molecule has 0 N–H and O–H groups in total. The third-order valence-electron chi connectivity index (χ3n) is 2.75. The van der Waals surface area contributed by atoms with E-state index in [0.717, 1.165) is 11.1 Å². The summed E-state index contributed by atoms with van der Waals surface area (Å²) in [5, 5.41) is 0. The molecule has 1 aromatic heterocycles. The van der Waals surface area contributed by atoms with E-state index in [4.69, 9.17) is 14.2 Å². The quantitative estimate of drug-likeness (QED) is 0.824. The highest BCUT2D eigenvalue weighted by Gasteiger charge is 2.13. The van der Waals surface area contributed by atoms with Gasteiger partial charge in [-0.05, 0) is 23.3 Å². The van der Waals surface area contributed by atoms with Crippen LogP contribution in [0.5, 0.6) is 17.2 Å². The smallest absolute Gasteiger partial charge is 0.203 e. The second kappa shape index (κ2) is 6.04. The van der Waals surface area contributed by atoms with Crippen molar-refractivity contribution in [3.8, 4) is 17.2 Å². The molecule has 2 aromatic rings. The Bertz CT molecular complexity index is 519. The lowest BCUT2D eigenvalue weighted by atomic mass is 10.1. The molecule has 2 rings (SSSR count). The van der Waals surface area contributed by atoms with E-state index in [-0.39, 0.29) is 0 Å². The first-order valence-corrected chi connectivity index (χ1v) is 5.81. The molecule has 0 atom stereocenters. The van der Waals surface area contributed by atoms with Gasteiger partial charge in [0.25, 0.3) is 0 Å². The van der Waals surface area contributed by atoms with Crippen molar-refractivity contribution in [3.63, 3.8) is 0 Å². The monoisotopic (exact) mass is 260 g/mol. The van der Waals surface area contributed by atoms with E-state index in [0.29, 0.717) is 23.7 Å². The van der Waals surface area contributed by atoms with Crippen molar-refractivity contribution in [2.75, 3.05) is 21.3 Å². The fourth-order valence-electron chi connectivity index (χ4n) is 1.89. The number of hydrogen-bond acceptors (Lipinski definition) is 5. The molecule has 0 radical (unpaired) electrons. The second-order valence-electron chi connectivity index (χ2n) is 3.96. The lowest BCUT2D eigenvalue weighted by Crippen LogP contribution is -1.98. The van der Waals surface area contributed by atoms with Crippen LogP contribution in [0.15, 0.2) is 30.9 Å². The molecule has 0 aliphatic heterocycles. The van der Waals surface area contributed by atoms with Crippen molar-refractivity contribution in [1.82, 2.24) is 9.97 Å². The molecule has 100 valence electrons. The van der Waals surface area contributed by atoms with Gasteiger partial charge in [-0.15, -0.1) is 0 Å². The minimum absolute atomic E-state index is 0.595. The number of methoxy groups -OCH3 is 3. The van der Waals surface area contributed by atoms with Gasteiger partial charge in [-0.25, -0.2) is 9.97 Å². The minimum Gasteiger partial charge on any atom is -0.493 e. The Morgan fingerprint density at radius 3 is 1.89 bits per heavy atom. The van der Waals surface area contributed by atoms with Gasteiger partial charge in [-0.3, -0.25) is 0 Å². The van der Waals surface area contributed by atoms with Crippen LogP contribution in [0.3, 0.4) is 0 Å². The molecule has 0 spiro atoms. The van der Waals surface area contributed by atoms with Gasteiger partial charge in [0.1, 0.15) is 6.33 Å². The lowest BCUT2D eigenvalue weighted by Gasteiger charge is -2.14. The fraction of sp³-hybridized carbons (Fsp3) is 0.286. The lowest BCUT2D eigenvalue weighted by molar-refractivity contribution is 0.324. The van der Waals surface area contributed by atoms with Gasteiger partial charge >= 0.3 is 0 Å². The molecule has 0 bridgehead atoms. The van der Waals surface area contributed by atoms with Crippen LogP contribution in [0, 0.1) is 0 Å². The molecular weight excluding hydrogens is 244 g/mol. The summed E-state index contributed by atoms with van der Waals surface area (Å²) in [4.78, 5) is 8.00. The third-order valence-corrected chi connectivity index (χ3v) is 2.75. The summed E-state index contributed by atoms with van der Waals surface area (Å²) >= 11 is 0. The number of benzene rings is 1. The Hall–Kier alpha value is -2.30. The number of rotatable bonds is 5. The molecule has 0 saturated carbocycles. The SMILES string of the molecule is COc1cc(Cc2cncnc2)cc(OC)c1OC. The average Bonchev–Trinajstić information content (AvgIpc) is 2.47. The van der Waals surface area contributed by atoms with Crippen LogP contribution in [-0.4, -0.2) is 31.3 Å². The summed E-state index contributed by atoms with van der Waals surface area (Å²) in [5.41, 5.74) is 2.07. The first kappa shape index (κ1) is 13.1. The summed E-state index contributed by atoms with van der Waals surface area (Å²) in [6.07, 6.45) is 5.79. The second-order valence-corrected chi connectivity index (χ2v) is 3.96. The molecule has 1 aromatic carbocycles. The van der Waals surface area contributed by atoms with E-state index < -0.39 is 0 Å². The van der Waals surface area contributed by atoms with Crippen molar-refractivity contribution >= 4 is 0 Å². The molecule has 0 aliphatic rings. The number of ether oxygens (including phenoxy) is 3. The van der Waals surface area contributed by atoms with Crippen molar-refractivity contribution < 1.29 is 14.2 Å². The van der Waals surface area contributed by atoms with Crippen LogP contribution in [0.4, 0.5) is 0 Å². The normalized spacial score (nSPS) is 10.1. The first-order chi connectivity index (χ1) is 9.28. The molecule has 19 heavy (non-hydrogen) atoms. The molecule has 0 unspecified atom stereocenters. The number of aromatic nitrogens is 2. The maximum atomic E-state index is 5.32. The Labute approximate surface area is 112 Å². The third kappa shape index (κ3) is 2.93. The van der Waals surface area contributed by atoms with E-state index in [9.17, 15) is 0 Å². The minimum atomic E-state index is 0.595. The highest BCUT2D eigenvalue weighted by atomic mass is 16.5. The number of hydrogen-bond donors (Lipinski definition) is 0. The predicted molar refractivity (Wildman–Crippen MR) is 70.9 cm³/mol. The first-order valence-electron chi connectivity index (χ1n) is 5.81. The molecular formula is C14H16N2O3. The Morgan fingerprint density at radius 2 is 1.42 bits per heavy atom. The van der Waals surface area contributed by atoms with Crippen LogP contribution in [0.2, 0.25) is 0 Å². The van der Waals surface area contributed by atoms with Crippen molar-refractivity contribution in [2.24, 2.45) is 0 Å². The van der Waals surface area contributed by atoms with E-state index in [1.165, 1.54) is 6.33 Å². The molecule has 5 heteroatoms. The Balaban J connectivity index is 2.36. The average molecular weight is 260 g/mol. The fourth-order valence-corrected chi connectivity index (χ4v) is 1.89. The van der Waals surface area contributed by atoms with Gasteiger partial charge in [-0.1, -0.05) is 0 Å². The highest BCUT2D eigenvalue weighted by Crippen LogP contribution is 2.38. The van der Waals surface area contributed by atoms with E-state index in [2.05, 4.69) is 9.97 Å². The van der Waals surface area contributed by atoms with Crippen molar-refractivity contribution in [3.05, 3.63) is 42.0 Å². The topological polar surface area (TPSA) is 53.5 Å². The maximum absolute atomic E-state index is 5.32. The van der Waals surface area contributed by atoms with Crippen LogP contribution >= 0.6 is 0 Å². The summed E-state index contributed by atoms with van der Waals surface area (Å²) in [6.45, 7) is 0. The van der Waals surface area contributed by atoms with Crippen molar-refractivity contribution in [1.29, 1.82) is 0 Å². The van der Waals surface area contributed by atoms with Crippen molar-refractivity contribution in [2.45, 2.75) is 6.42 Å². The summed E-state index contributed by atoms with van der Waals surface area (Å²) in [7, 11) is 4.80. The van der Waals surface area contributed by atoms with E-state index in [1.807, 2.05) is 12.1 Å². The molecule has 0 amide bonds. The Morgan fingerprint density at radius 1 is 0.842 bits per heavy atom. The zero-order valence-corrected chi connectivity index (χ0v) is 11.2. The predicted octanol–water partition coefficient (Wildman–Crippen LogP) is 2.09. The van der Waals surface area contributed by atoms with E-state index in [1.54, 1.807) is 33.7 Å². The highest BCUT2D eigenvalue weighted by molar-refractivity contribution is 5.54. The molecule has 0 saturated heterocycles. The van der Waals surface area contributed by atoms with Crippen LogP contribution in [0.25, 0.3) is 0 Å². The molecule has 5 nitrogen and oxygen atoms in total. The summed E-state index contributed by atoms with van der Waals surface area (Å²) in [5.74, 6) is 1.89. The molecule has 1 heterocycles. The van der Waals surface area contributed by atoms with Gasteiger partial charge < -0.3 is 14.2 Å². The summed E-state index contributed by atoms with van der Waals surface area (Å²) in [6, 6.07) is 3.85. The van der Waals surface area contributed by atoms with Gasteiger partial charge in [0.15, 0.2) is 11.5 Å². The van der Waals surface area contributed by atoms with Gasteiger partial charge in [0.2, 0.25) is 5.75 Å². The van der Waals surface area contributed by atoms with Crippen LogP contribution < -0.4 is 14.2 Å². The van der Waals surface area contributed by atoms with Gasteiger partial charge in [-0.2, -0.15) is 0 Å². The standard InChI is InChI=1S/C14H16N2O3/c1-17-12-5-10(4-11-7-15-9-16-8-11)6-13(18-2)14(12)19-3/h5-9H,4H2,1-3H3. The Kier molecular flexibility index (Phi) is 4.18. The maximum Gasteiger partial charge on any atom is 0.203 e. The number of nitrogens with zero attached hydrogens (tertiary/aromatic N) is 2. The zero-order chi connectivity index (χ0) is 13.7. The zero-order valence-electron chi connectivity index (χ0n) is 11.2. The van der Waals surface area contributed by atoms with Crippen LogP contribution in [-0.2, 0) is 6.42 Å². The van der Waals surface area contributed by atoms with E-state index >= 15 is 0 Å². The largest absolute Gasteiger partial charge is 0.493 e. The van der Waals surface area contributed by atoms with Gasteiger partial charge in [0.05, 0.1) is 21.3 Å². The molecule has 0 aliphatic carbocycles.